The number of rotatable bonds is 30. The first-order chi connectivity index (χ1) is 57.1. The van der Waals surface area contributed by atoms with E-state index in [2.05, 4.69) is 6.58 Å². The lowest BCUT2D eigenvalue weighted by Crippen LogP contribution is -2.69. The summed E-state index contributed by atoms with van der Waals surface area (Å²) in [5.74, 6) is -10.5. The van der Waals surface area contributed by atoms with Crippen molar-refractivity contribution in [3.8, 4) is 0 Å². The topological polar surface area (TPSA) is 318 Å². The molecule has 0 saturated carbocycles. The number of ether oxygens (including phenoxy) is 16. The molecule has 3 aliphatic heterocycles. The van der Waals surface area contributed by atoms with Gasteiger partial charge in [-0.2, -0.15) is 0 Å². The SMILES string of the molecule is C=CCO[C@H]1O[C@H](COC(=O)c2ccccc2)[C@@H](OC(=O)c2ccccc2)[C@H](OC(=O)c2ccccc2)[C@@H]1O[C@H]1O[C@H](COC(=O)c2ccccc2)[C@@H](OC(=O)c2ccccc2)[C@H](OC(=O)c2ccccc2)[C@@H]1O[C@H]1O[C@H](COC(=O)c2ccccc2)[C@@H](OC(=O)c2ccccc2)[C@H](OC(=O)c2ccccc2)[C@@H]1OC(=O)c1ccccc1. The van der Waals surface area contributed by atoms with Crippen LogP contribution >= 0.6 is 0 Å². The molecule has 3 heterocycles. The van der Waals surface area contributed by atoms with E-state index in [1.807, 2.05) is 0 Å². The van der Waals surface area contributed by atoms with Crippen LogP contribution in [0.15, 0.2) is 316 Å². The Morgan fingerprint density at radius 1 is 0.231 bits per heavy atom. The Morgan fingerprint density at radius 3 is 0.641 bits per heavy atom. The van der Waals surface area contributed by atoms with Gasteiger partial charge in [0.1, 0.15) is 38.1 Å². The minimum atomic E-state index is -2.38. The largest absolute Gasteiger partial charge is 0.459 e. The molecule has 13 rings (SSSR count). The molecule has 596 valence electrons. The Hall–Kier alpha value is -13.6. The van der Waals surface area contributed by atoms with Crippen LogP contribution in [0.4, 0.5) is 0 Å². The fourth-order valence-corrected chi connectivity index (χ4v) is 12.9. The fraction of sp³-hybridized carbons (Fsp3) is 0.209. The van der Waals surface area contributed by atoms with Crippen molar-refractivity contribution in [2.45, 2.75) is 92.1 Å². The lowest BCUT2D eigenvalue weighted by atomic mass is 9.95. The van der Waals surface area contributed by atoms with Crippen molar-refractivity contribution < 1.29 is 124 Å². The Balaban J connectivity index is 1.03. The fourth-order valence-electron chi connectivity index (χ4n) is 12.9. The summed E-state index contributed by atoms with van der Waals surface area (Å²) < 4.78 is 106. The van der Waals surface area contributed by atoms with E-state index in [1.165, 1.54) is 176 Å². The smallest absolute Gasteiger partial charge is 0.338 e. The molecule has 117 heavy (non-hydrogen) atoms. The van der Waals surface area contributed by atoms with Crippen LogP contribution in [-0.4, -0.2) is 178 Å². The summed E-state index contributed by atoms with van der Waals surface area (Å²) in [6, 6.07) is 75.9. The van der Waals surface area contributed by atoms with Gasteiger partial charge in [-0.05, 0) is 121 Å². The summed E-state index contributed by atoms with van der Waals surface area (Å²) in [5, 5.41) is 0. The van der Waals surface area contributed by atoms with E-state index in [1.54, 1.807) is 133 Å². The molecule has 0 unspecified atom stereocenters. The van der Waals surface area contributed by atoms with Gasteiger partial charge in [-0.25, -0.2) is 47.9 Å². The normalized spacial score (nSPS) is 22.6. The van der Waals surface area contributed by atoms with Gasteiger partial charge in [-0.3, -0.25) is 0 Å². The van der Waals surface area contributed by atoms with Crippen LogP contribution < -0.4 is 0 Å². The molecule has 10 aromatic rings. The van der Waals surface area contributed by atoms with Gasteiger partial charge in [0.05, 0.1) is 62.2 Å². The highest BCUT2D eigenvalue weighted by Gasteiger charge is 2.61. The molecule has 0 aliphatic carbocycles. The van der Waals surface area contributed by atoms with Crippen molar-refractivity contribution in [3.05, 3.63) is 372 Å². The zero-order valence-corrected chi connectivity index (χ0v) is 62.3. The number of benzene rings is 10. The van der Waals surface area contributed by atoms with Crippen LogP contribution in [0.5, 0.6) is 0 Å². The van der Waals surface area contributed by atoms with Gasteiger partial charge >= 0.3 is 59.7 Å². The number of carbonyl (C=O) groups is 10. The van der Waals surface area contributed by atoms with Crippen molar-refractivity contribution in [3.63, 3.8) is 0 Å². The van der Waals surface area contributed by atoms with Crippen LogP contribution in [0.3, 0.4) is 0 Å². The van der Waals surface area contributed by atoms with Crippen molar-refractivity contribution in [2.75, 3.05) is 26.4 Å². The zero-order chi connectivity index (χ0) is 81.4. The highest BCUT2D eigenvalue weighted by atomic mass is 16.8. The number of hydrogen-bond acceptors (Lipinski definition) is 26. The molecule has 0 aromatic heterocycles. The molecule has 0 bridgehead atoms. The summed E-state index contributed by atoms with van der Waals surface area (Å²) in [5.41, 5.74) is -0.397. The summed E-state index contributed by atoms with van der Waals surface area (Å²) >= 11 is 0. The van der Waals surface area contributed by atoms with Gasteiger partial charge in [-0.15, -0.1) is 6.58 Å². The van der Waals surface area contributed by atoms with Gasteiger partial charge in [0.2, 0.25) is 0 Å². The monoisotopic (exact) mass is 1580 g/mol. The van der Waals surface area contributed by atoms with Crippen molar-refractivity contribution in [1.82, 2.24) is 0 Å². The molecule has 3 fully saturated rings. The van der Waals surface area contributed by atoms with E-state index in [9.17, 15) is 24.0 Å². The zero-order valence-electron chi connectivity index (χ0n) is 62.3. The van der Waals surface area contributed by atoms with Gasteiger partial charge in [-0.1, -0.05) is 188 Å². The lowest BCUT2D eigenvalue weighted by molar-refractivity contribution is -0.390. The molecule has 10 aromatic carbocycles. The minimum Gasteiger partial charge on any atom is -0.459 e. The van der Waals surface area contributed by atoms with Crippen LogP contribution in [0.2, 0.25) is 0 Å². The molecular weight excluding hydrogens is 1510 g/mol. The van der Waals surface area contributed by atoms with Crippen LogP contribution in [-0.2, 0) is 75.8 Å². The molecular formula is C91H76O26. The molecule has 3 aliphatic rings. The third-order valence-electron chi connectivity index (χ3n) is 18.7. The summed E-state index contributed by atoms with van der Waals surface area (Å²) in [6.07, 6.45) is -29.9. The van der Waals surface area contributed by atoms with E-state index in [0.717, 1.165) is 0 Å². The highest BCUT2D eigenvalue weighted by Crippen LogP contribution is 2.41. The third-order valence-corrected chi connectivity index (χ3v) is 18.7. The maximum atomic E-state index is 15.5. The summed E-state index contributed by atoms with van der Waals surface area (Å²) in [6.45, 7) is 0.880. The average Bonchev–Trinajstić information content (AvgIpc) is 0.752. The van der Waals surface area contributed by atoms with Gasteiger partial charge in [0.15, 0.2) is 73.8 Å². The molecule has 15 atom stereocenters. The predicted molar refractivity (Wildman–Crippen MR) is 412 cm³/mol. The quantitative estimate of drug-likeness (QED) is 0.0229. The van der Waals surface area contributed by atoms with Crippen molar-refractivity contribution >= 4 is 59.7 Å². The van der Waals surface area contributed by atoms with Crippen LogP contribution in [0.25, 0.3) is 0 Å². The first-order valence-corrected chi connectivity index (χ1v) is 37.1. The Kier molecular flexibility index (Phi) is 27.8. The van der Waals surface area contributed by atoms with E-state index in [4.69, 9.17) is 75.8 Å². The maximum absolute atomic E-state index is 15.5. The molecule has 0 N–H and O–H groups in total. The minimum absolute atomic E-state index is 0.0294. The van der Waals surface area contributed by atoms with E-state index in [0.29, 0.717) is 0 Å². The second-order valence-corrected chi connectivity index (χ2v) is 26.5. The van der Waals surface area contributed by atoms with E-state index >= 15 is 24.0 Å². The Bertz CT molecular complexity index is 5000. The second-order valence-electron chi connectivity index (χ2n) is 26.5. The number of hydrogen-bond donors (Lipinski definition) is 0. The standard InChI is InChI=1S/C91H76O26/c1-2-53-102-89-76(73(112-85(98)63-45-25-9-26-46-63)70(109-82(95)60-39-19-6-20-40-60)67(106-89)54-103-79(92)57-33-13-3-14-34-57)116-91-78(75(114-87(100)65-49-29-11-30-50-65)72(111-84(97)62-43-23-8-24-44-62)69(108-91)56-105-81(94)59-37-17-5-18-38-59)117-90-77(115-88(101)66-51-31-12-32-52-66)74(113-86(99)64-47-27-10-28-48-64)71(110-83(96)61-41-21-7-22-42-61)68(107-90)55-104-80(93)58-35-15-4-16-36-58/h2-52,67-78,89-91H,1,53-56H2/t67-,68-,69-,70-,71-,72-,73+,74+,75+,76+,77+,78+,89+,90-,91-/m1/s1. The van der Waals surface area contributed by atoms with Gasteiger partial charge in [0, 0.05) is 0 Å². The first-order valence-electron chi connectivity index (χ1n) is 37.1. The van der Waals surface area contributed by atoms with Gasteiger partial charge < -0.3 is 75.8 Å². The third kappa shape index (κ3) is 21.1. The second kappa shape index (κ2) is 39.9. The Labute approximate surface area is 670 Å². The molecule has 0 radical (unpaired) electrons. The van der Waals surface area contributed by atoms with E-state index in [-0.39, 0.29) is 55.6 Å². The molecule has 3 saturated heterocycles. The molecule has 26 nitrogen and oxygen atoms in total. The maximum Gasteiger partial charge on any atom is 0.338 e. The van der Waals surface area contributed by atoms with E-state index < -0.39 is 178 Å². The summed E-state index contributed by atoms with van der Waals surface area (Å²) in [7, 11) is 0. The van der Waals surface area contributed by atoms with Crippen molar-refractivity contribution in [1.29, 1.82) is 0 Å². The highest BCUT2D eigenvalue weighted by molar-refractivity contribution is 5.94. The lowest BCUT2D eigenvalue weighted by Gasteiger charge is -2.50. The van der Waals surface area contributed by atoms with Crippen molar-refractivity contribution in [2.24, 2.45) is 0 Å². The number of esters is 10. The average molecular weight is 1590 g/mol. The predicted octanol–water partition coefficient (Wildman–Crippen LogP) is 12.3. The molecule has 26 heteroatoms. The first kappa shape index (κ1) is 81.4. The Morgan fingerprint density at radius 2 is 0.410 bits per heavy atom. The molecule has 0 spiro atoms. The van der Waals surface area contributed by atoms with Gasteiger partial charge in [0.25, 0.3) is 0 Å². The summed E-state index contributed by atoms with van der Waals surface area (Å²) in [4.78, 5) is 149. The number of carbonyl (C=O) groups excluding carboxylic acids is 10. The molecule has 0 amide bonds. The van der Waals surface area contributed by atoms with Crippen LogP contribution in [0, 0.1) is 0 Å². The van der Waals surface area contributed by atoms with Crippen LogP contribution in [0.1, 0.15) is 104 Å².